The Kier molecular flexibility index (Phi) is 4.35. The molecule has 0 bridgehead atoms. The fraction of sp³-hybridized carbons (Fsp3) is 0.900. The Balaban J connectivity index is 2.54. The van der Waals surface area contributed by atoms with Crippen molar-refractivity contribution < 1.29 is 9.90 Å². The van der Waals surface area contributed by atoms with Crippen molar-refractivity contribution >= 4 is 5.97 Å². The number of nitrogens with zero attached hydrogens (tertiary/aromatic N) is 1. The van der Waals surface area contributed by atoms with Crippen LogP contribution in [0.4, 0.5) is 0 Å². The third-order valence-corrected chi connectivity index (χ3v) is 3.14. The van der Waals surface area contributed by atoms with Crippen molar-refractivity contribution in [3.63, 3.8) is 0 Å². The fourth-order valence-electron chi connectivity index (χ4n) is 2.41. The van der Waals surface area contributed by atoms with E-state index in [1.54, 1.807) is 0 Å². The van der Waals surface area contributed by atoms with E-state index in [2.05, 4.69) is 0 Å². The lowest BCUT2D eigenvalue weighted by Crippen LogP contribution is -2.42. The number of aliphatic carboxylic acids is 1. The summed E-state index contributed by atoms with van der Waals surface area (Å²) >= 11 is 0. The van der Waals surface area contributed by atoms with Crippen LogP contribution in [0.3, 0.4) is 0 Å². The van der Waals surface area contributed by atoms with Crippen molar-refractivity contribution in [3.05, 3.63) is 0 Å². The van der Waals surface area contributed by atoms with Crippen LogP contribution < -0.4 is 5.73 Å². The predicted molar refractivity (Wildman–Crippen MR) is 55.1 cm³/mol. The first kappa shape index (κ1) is 11.5. The lowest BCUT2D eigenvalue weighted by molar-refractivity contribution is -0.139. The Hall–Kier alpha value is -0.610. The molecule has 4 heteroatoms. The molecular weight excluding hydrogens is 180 g/mol. The zero-order valence-electron chi connectivity index (χ0n) is 8.78. The summed E-state index contributed by atoms with van der Waals surface area (Å²) < 4.78 is 0. The van der Waals surface area contributed by atoms with E-state index in [1.165, 1.54) is 6.42 Å². The summed E-state index contributed by atoms with van der Waals surface area (Å²) in [6, 6.07) is 0.390. The summed E-state index contributed by atoms with van der Waals surface area (Å²) in [5, 5.41) is 8.76. The van der Waals surface area contributed by atoms with E-state index in [0.29, 0.717) is 18.5 Å². The number of hydrogen-bond acceptors (Lipinski definition) is 3. The molecular formula is C10H20N2O2. The van der Waals surface area contributed by atoms with Gasteiger partial charge in [-0.15, -0.1) is 0 Å². The molecule has 0 saturated heterocycles. The Morgan fingerprint density at radius 2 is 2.29 bits per heavy atom. The first-order valence-electron chi connectivity index (χ1n) is 5.35. The van der Waals surface area contributed by atoms with Crippen molar-refractivity contribution in [1.82, 2.24) is 4.90 Å². The minimum Gasteiger partial charge on any atom is -0.480 e. The topological polar surface area (TPSA) is 66.6 Å². The quantitative estimate of drug-likeness (QED) is 0.679. The Bertz CT molecular complexity index is 197. The third kappa shape index (κ3) is 2.69. The predicted octanol–water partition coefficient (Wildman–Crippen LogP) is 0.520. The molecule has 0 aromatic carbocycles. The van der Waals surface area contributed by atoms with Crippen molar-refractivity contribution in [3.8, 4) is 0 Å². The minimum absolute atomic E-state index is 0.150. The molecule has 0 aromatic heterocycles. The average Bonchev–Trinajstić information content (AvgIpc) is 2.61. The number of carboxylic acids is 1. The van der Waals surface area contributed by atoms with Crippen LogP contribution in [-0.2, 0) is 4.79 Å². The maximum Gasteiger partial charge on any atom is 0.317 e. The lowest BCUT2D eigenvalue weighted by atomic mass is 10.0. The van der Waals surface area contributed by atoms with Crippen molar-refractivity contribution in [2.45, 2.75) is 32.2 Å². The highest BCUT2D eigenvalue weighted by atomic mass is 16.4. The highest BCUT2D eigenvalue weighted by Gasteiger charge is 2.31. The number of carbonyl (C=O) groups is 1. The maximum absolute atomic E-state index is 10.6. The molecule has 82 valence electrons. The van der Waals surface area contributed by atoms with Gasteiger partial charge in [-0.25, -0.2) is 0 Å². The molecule has 4 nitrogen and oxygen atoms in total. The Morgan fingerprint density at radius 3 is 2.79 bits per heavy atom. The number of hydrogen-bond donors (Lipinski definition) is 2. The van der Waals surface area contributed by atoms with E-state index in [-0.39, 0.29) is 6.54 Å². The molecule has 0 aromatic rings. The molecule has 0 amide bonds. The van der Waals surface area contributed by atoms with Crippen LogP contribution in [0, 0.1) is 5.92 Å². The van der Waals surface area contributed by atoms with Crippen LogP contribution in [0.25, 0.3) is 0 Å². The smallest absolute Gasteiger partial charge is 0.317 e. The van der Waals surface area contributed by atoms with Gasteiger partial charge in [0.2, 0.25) is 0 Å². The van der Waals surface area contributed by atoms with Crippen molar-refractivity contribution in [1.29, 1.82) is 0 Å². The van der Waals surface area contributed by atoms with Crippen LogP contribution in [0.1, 0.15) is 26.2 Å². The van der Waals surface area contributed by atoms with Gasteiger partial charge in [0.1, 0.15) is 0 Å². The summed E-state index contributed by atoms with van der Waals surface area (Å²) in [6.45, 7) is 3.64. The van der Waals surface area contributed by atoms with Gasteiger partial charge in [0.05, 0.1) is 6.54 Å². The number of carboxylic acid groups (broad SMARTS) is 1. The van der Waals surface area contributed by atoms with Crippen molar-refractivity contribution in [2.75, 3.05) is 19.6 Å². The second kappa shape index (κ2) is 5.32. The summed E-state index contributed by atoms with van der Waals surface area (Å²) in [7, 11) is 0. The van der Waals surface area contributed by atoms with E-state index < -0.39 is 5.97 Å². The molecule has 1 rings (SSSR count). The highest BCUT2D eigenvalue weighted by molar-refractivity contribution is 5.69. The zero-order valence-corrected chi connectivity index (χ0v) is 8.78. The van der Waals surface area contributed by atoms with Crippen LogP contribution in [-0.4, -0.2) is 41.7 Å². The normalized spacial score (nSPS) is 27.1. The lowest BCUT2D eigenvalue weighted by Gasteiger charge is -2.30. The second-order valence-electron chi connectivity index (χ2n) is 3.95. The molecule has 1 fully saturated rings. The fourth-order valence-corrected chi connectivity index (χ4v) is 2.41. The molecule has 1 saturated carbocycles. The average molecular weight is 200 g/mol. The van der Waals surface area contributed by atoms with Crippen molar-refractivity contribution in [2.24, 2.45) is 11.7 Å². The molecule has 0 radical (unpaired) electrons. The van der Waals surface area contributed by atoms with E-state index in [0.717, 1.165) is 19.4 Å². The molecule has 0 heterocycles. The first-order valence-corrected chi connectivity index (χ1v) is 5.35. The van der Waals surface area contributed by atoms with Gasteiger partial charge >= 0.3 is 5.97 Å². The molecule has 1 aliphatic rings. The van der Waals surface area contributed by atoms with Crippen LogP contribution in [0.5, 0.6) is 0 Å². The molecule has 2 unspecified atom stereocenters. The molecule has 0 spiro atoms. The summed E-state index contributed by atoms with van der Waals surface area (Å²) in [5.41, 5.74) is 5.67. The zero-order chi connectivity index (χ0) is 10.6. The van der Waals surface area contributed by atoms with Crippen LogP contribution >= 0.6 is 0 Å². The van der Waals surface area contributed by atoms with Gasteiger partial charge in [-0.2, -0.15) is 0 Å². The van der Waals surface area contributed by atoms with E-state index >= 15 is 0 Å². The second-order valence-corrected chi connectivity index (χ2v) is 3.95. The summed E-state index contributed by atoms with van der Waals surface area (Å²) in [5.74, 6) is -0.246. The Labute approximate surface area is 85.1 Å². The summed E-state index contributed by atoms with van der Waals surface area (Å²) in [4.78, 5) is 12.7. The number of rotatable bonds is 5. The molecule has 14 heavy (non-hydrogen) atoms. The standard InChI is InChI=1S/C10H20N2O2/c1-2-12(7-10(13)14)9-5-3-4-8(9)6-11/h8-9H,2-7,11H2,1H3,(H,13,14). The first-order chi connectivity index (χ1) is 6.69. The van der Waals surface area contributed by atoms with Gasteiger partial charge in [0.15, 0.2) is 0 Å². The monoisotopic (exact) mass is 200 g/mol. The van der Waals surface area contributed by atoms with Gasteiger partial charge in [0, 0.05) is 6.04 Å². The number of nitrogens with two attached hydrogens (primary N) is 1. The van der Waals surface area contributed by atoms with Gasteiger partial charge < -0.3 is 10.8 Å². The number of likely N-dealkylation sites (N-methyl/N-ethyl adjacent to an activating group) is 1. The largest absolute Gasteiger partial charge is 0.480 e. The van der Waals surface area contributed by atoms with Gasteiger partial charge in [-0.05, 0) is 31.8 Å². The highest BCUT2D eigenvalue weighted by Crippen LogP contribution is 2.28. The van der Waals surface area contributed by atoms with E-state index in [4.69, 9.17) is 10.8 Å². The molecule has 2 atom stereocenters. The minimum atomic E-state index is -0.741. The molecule has 1 aliphatic carbocycles. The summed E-state index contributed by atoms with van der Waals surface area (Å²) in [6.07, 6.45) is 3.43. The van der Waals surface area contributed by atoms with Crippen LogP contribution in [0.15, 0.2) is 0 Å². The van der Waals surface area contributed by atoms with E-state index in [1.807, 2.05) is 11.8 Å². The van der Waals surface area contributed by atoms with Gasteiger partial charge in [0.25, 0.3) is 0 Å². The van der Waals surface area contributed by atoms with Gasteiger partial charge in [-0.1, -0.05) is 13.3 Å². The van der Waals surface area contributed by atoms with Gasteiger partial charge in [-0.3, -0.25) is 9.69 Å². The Morgan fingerprint density at radius 1 is 1.57 bits per heavy atom. The van der Waals surface area contributed by atoms with Crippen LogP contribution in [0.2, 0.25) is 0 Å². The molecule has 0 aliphatic heterocycles. The molecule has 3 N–H and O–H groups in total. The SMILES string of the molecule is CCN(CC(=O)O)C1CCCC1CN. The third-order valence-electron chi connectivity index (χ3n) is 3.14. The van der Waals surface area contributed by atoms with E-state index in [9.17, 15) is 4.79 Å². The maximum atomic E-state index is 10.6.